The van der Waals surface area contributed by atoms with Crippen LogP contribution in [0.1, 0.15) is 73.2 Å². The topological polar surface area (TPSA) is 104 Å². The normalized spacial score (nSPS) is 20.1. The van der Waals surface area contributed by atoms with Crippen LogP contribution in [0.3, 0.4) is 0 Å². The number of ether oxygens (including phenoxy) is 4. The van der Waals surface area contributed by atoms with Crippen molar-refractivity contribution in [2.75, 3.05) is 27.9 Å². The summed E-state index contributed by atoms with van der Waals surface area (Å²) in [5, 5.41) is 0. The molecule has 3 atom stereocenters. The predicted octanol–water partition coefficient (Wildman–Crippen LogP) is 3.00. The van der Waals surface area contributed by atoms with Gasteiger partial charge in [-0.15, -0.1) is 0 Å². The van der Waals surface area contributed by atoms with Crippen molar-refractivity contribution < 1.29 is 33.3 Å². The van der Waals surface area contributed by atoms with Gasteiger partial charge in [-0.1, -0.05) is 0 Å². The van der Waals surface area contributed by atoms with Gasteiger partial charge in [0.15, 0.2) is 0 Å². The Balaban J connectivity index is 2.31. The van der Waals surface area contributed by atoms with E-state index in [1.807, 2.05) is 27.7 Å². The van der Waals surface area contributed by atoms with Gasteiger partial charge in [-0.3, -0.25) is 14.7 Å². The number of pyridine rings is 1. The van der Waals surface area contributed by atoms with Crippen LogP contribution >= 0.6 is 0 Å². The maximum absolute atomic E-state index is 12.3. The van der Waals surface area contributed by atoms with Gasteiger partial charge in [0.1, 0.15) is 6.23 Å². The highest BCUT2D eigenvalue weighted by molar-refractivity contribution is 5.97. The number of carbonyl (C=O) groups excluding carboxylic acids is 3. The third-order valence-electron chi connectivity index (χ3n) is 5.87. The molecule has 3 unspecified atom stereocenters. The molecule has 0 aromatic carbocycles. The zero-order valence-corrected chi connectivity index (χ0v) is 20.7. The number of nitrogens with zero attached hydrogens (tertiary/aromatic N) is 2. The molecule has 2 heterocycles. The molecule has 33 heavy (non-hydrogen) atoms. The molecule has 0 aliphatic carbocycles. The Morgan fingerprint density at radius 1 is 1.03 bits per heavy atom. The number of methoxy groups -OCH3 is 3. The highest BCUT2D eigenvalue weighted by Gasteiger charge is 2.36. The number of likely N-dealkylation sites (tertiary alicyclic amines) is 1. The molecule has 9 heteroatoms. The molecular formula is C24H36N2O7. The van der Waals surface area contributed by atoms with Crippen LogP contribution in [0.4, 0.5) is 0 Å². The number of carbonyl (C=O) groups is 3. The molecule has 2 rings (SSSR count). The van der Waals surface area contributed by atoms with Gasteiger partial charge in [-0.25, -0.2) is 9.59 Å². The van der Waals surface area contributed by atoms with Crippen molar-refractivity contribution in [1.29, 1.82) is 0 Å². The molecule has 1 aliphatic heterocycles. The Bertz CT molecular complexity index is 815. The number of hydrogen-bond donors (Lipinski definition) is 0. The lowest BCUT2D eigenvalue weighted by Gasteiger charge is -2.44. The van der Waals surface area contributed by atoms with E-state index in [2.05, 4.69) is 9.88 Å². The van der Waals surface area contributed by atoms with Gasteiger partial charge in [-0.05, 0) is 58.9 Å². The first-order valence-corrected chi connectivity index (χ1v) is 11.2. The molecule has 1 aliphatic rings. The minimum absolute atomic E-state index is 0.0763. The molecule has 0 radical (unpaired) electrons. The van der Waals surface area contributed by atoms with Crippen molar-refractivity contribution >= 4 is 17.9 Å². The molecule has 0 bridgehead atoms. The number of esters is 3. The van der Waals surface area contributed by atoms with Crippen LogP contribution < -0.4 is 0 Å². The summed E-state index contributed by atoms with van der Waals surface area (Å²) in [6.45, 7) is 8.45. The van der Waals surface area contributed by atoms with E-state index in [1.54, 1.807) is 0 Å². The molecule has 184 valence electrons. The fourth-order valence-corrected chi connectivity index (χ4v) is 4.39. The minimum Gasteiger partial charge on any atom is -0.469 e. The van der Waals surface area contributed by atoms with E-state index >= 15 is 0 Å². The Morgan fingerprint density at radius 3 is 2.09 bits per heavy atom. The first-order chi connectivity index (χ1) is 15.5. The zero-order chi connectivity index (χ0) is 24.8. The van der Waals surface area contributed by atoms with E-state index in [9.17, 15) is 14.4 Å². The van der Waals surface area contributed by atoms with Gasteiger partial charge in [0.05, 0.1) is 44.0 Å². The van der Waals surface area contributed by atoms with Crippen molar-refractivity contribution in [1.82, 2.24) is 9.88 Å². The summed E-state index contributed by atoms with van der Waals surface area (Å²) in [6.07, 6.45) is 5.10. The molecule has 9 nitrogen and oxygen atoms in total. The van der Waals surface area contributed by atoms with Gasteiger partial charge in [0.2, 0.25) is 0 Å². The minimum atomic E-state index is -0.557. The van der Waals surface area contributed by atoms with Crippen LogP contribution in [0, 0.1) is 5.92 Å². The van der Waals surface area contributed by atoms with Crippen LogP contribution in [-0.2, 0) is 30.2 Å². The molecule has 0 amide bonds. The zero-order valence-electron chi connectivity index (χ0n) is 20.7. The largest absolute Gasteiger partial charge is 0.469 e. The molecular weight excluding hydrogens is 428 g/mol. The van der Waals surface area contributed by atoms with Gasteiger partial charge < -0.3 is 18.9 Å². The first-order valence-electron chi connectivity index (χ1n) is 11.2. The van der Waals surface area contributed by atoms with Gasteiger partial charge >= 0.3 is 17.9 Å². The maximum Gasteiger partial charge on any atom is 0.339 e. The number of aromatic nitrogens is 1. The summed E-state index contributed by atoms with van der Waals surface area (Å²) >= 11 is 0. The Morgan fingerprint density at radius 2 is 1.61 bits per heavy atom. The molecule has 1 aromatic rings. The van der Waals surface area contributed by atoms with E-state index in [-0.39, 0.29) is 40.9 Å². The summed E-state index contributed by atoms with van der Waals surface area (Å²) in [5.74, 6) is -1.57. The fraction of sp³-hybridized carbons (Fsp3) is 0.667. The van der Waals surface area contributed by atoms with E-state index < -0.39 is 11.9 Å². The quantitative estimate of drug-likeness (QED) is 0.424. The van der Waals surface area contributed by atoms with E-state index in [1.165, 1.54) is 33.7 Å². The molecule has 0 saturated carbocycles. The van der Waals surface area contributed by atoms with E-state index in [4.69, 9.17) is 18.9 Å². The summed E-state index contributed by atoms with van der Waals surface area (Å²) in [5.41, 5.74) is 0.676. The van der Waals surface area contributed by atoms with Crippen LogP contribution in [0.5, 0.6) is 0 Å². The van der Waals surface area contributed by atoms with E-state index in [0.717, 1.165) is 6.42 Å². The highest BCUT2D eigenvalue weighted by Crippen LogP contribution is 2.30. The van der Waals surface area contributed by atoms with Crippen LogP contribution in [0.15, 0.2) is 12.4 Å². The van der Waals surface area contributed by atoms with Crippen molar-refractivity contribution in [3.8, 4) is 0 Å². The van der Waals surface area contributed by atoms with E-state index in [0.29, 0.717) is 31.4 Å². The lowest BCUT2D eigenvalue weighted by molar-refractivity contribution is -0.163. The number of piperidine rings is 1. The van der Waals surface area contributed by atoms with Crippen molar-refractivity contribution in [3.63, 3.8) is 0 Å². The maximum atomic E-state index is 12.3. The number of hydrogen-bond acceptors (Lipinski definition) is 9. The molecule has 1 fully saturated rings. The first kappa shape index (κ1) is 26.7. The van der Waals surface area contributed by atoms with Crippen LogP contribution in [-0.4, -0.2) is 73.5 Å². The standard InChI is InChI=1S/C24H36N2O7/c1-15(33-24(2,3)4)26-14-16(21(27)30-5)8-9-17(26)10-11-18-19(22(28)31-6)12-25-13-20(18)23(29)32-7/h12-13,15-17H,8-11,14H2,1-7H3. The summed E-state index contributed by atoms with van der Waals surface area (Å²) in [4.78, 5) is 43.1. The average molecular weight is 465 g/mol. The van der Waals surface area contributed by atoms with Gasteiger partial charge in [0.25, 0.3) is 0 Å². The van der Waals surface area contributed by atoms with Crippen molar-refractivity contribution in [2.24, 2.45) is 5.92 Å². The Labute approximate surface area is 195 Å². The lowest BCUT2D eigenvalue weighted by atomic mass is 9.88. The second-order valence-corrected chi connectivity index (χ2v) is 9.21. The van der Waals surface area contributed by atoms with Crippen molar-refractivity contribution in [3.05, 3.63) is 29.1 Å². The SMILES string of the molecule is COC(=O)c1cncc(C(=O)OC)c1CCC1CCC(C(=O)OC)CN1C(C)OC(C)(C)C. The van der Waals surface area contributed by atoms with Gasteiger partial charge in [-0.2, -0.15) is 0 Å². The lowest BCUT2D eigenvalue weighted by Crippen LogP contribution is -2.52. The predicted molar refractivity (Wildman–Crippen MR) is 121 cm³/mol. The Hall–Kier alpha value is -2.52. The number of rotatable bonds is 8. The van der Waals surface area contributed by atoms with Crippen LogP contribution in [0.2, 0.25) is 0 Å². The molecule has 1 saturated heterocycles. The summed E-state index contributed by atoms with van der Waals surface area (Å²) in [6, 6.07) is 0.0763. The van der Waals surface area contributed by atoms with Crippen LogP contribution in [0.25, 0.3) is 0 Å². The highest BCUT2D eigenvalue weighted by atomic mass is 16.5. The fourth-order valence-electron chi connectivity index (χ4n) is 4.39. The van der Waals surface area contributed by atoms with Crippen molar-refractivity contribution in [2.45, 2.75) is 71.2 Å². The smallest absolute Gasteiger partial charge is 0.339 e. The average Bonchev–Trinajstić information content (AvgIpc) is 2.79. The monoisotopic (exact) mass is 464 g/mol. The summed E-state index contributed by atoms with van der Waals surface area (Å²) < 4.78 is 21.0. The summed E-state index contributed by atoms with van der Waals surface area (Å²) in [7, 11) is 3.98. The molecule has 0 spiro atoms. The third kappa shape index (κ3) is 6.98. The second kappa shape index (κ2) is 11.6. The Kier molecular flexibility index (Phi) is 9.36. The molecule has 0 N–H and O–H groups in total. The second-order valence-electron chi connectivity index (χ2n) is 9.21. The van der Waals surface area contributed by atoms with Gasteiger partial charge in [0, 0.05) is 25.0 Å². The third-order valence-corrected chi connectivity index (χ3v) is 5.87. The molecule has 1 aromatic heterocycles.